The molecule has 92 valence electrons. The molecule has 0 atom stereocenters. The van der Waals surface area contributed by atoms with Crippen molar-refractivity contribution in [3.05, 3.63) is 55.9 Å². The fourth-order valence-electron chi connectivity index (χ4n) is 1.19. The largest absolute Gasteiger partial charge is 0.280 e. The SMILES string of the molecule is O=c1[nH]ncc(N/N=C/c2ccc(Cl)cc2)c1Br. The highest BCUT2D eigenvalue weighted by atomic mass is 79.9. The van der Waals surface area contributed by atoms with Crippen molar-refractivity contribution >= 4 is 39.4 Å². The lowest BCUT2D eigenvalue weighted by molar-refractivity contribution is 0.977. The van der Waals surface area contributed by atoms with E-state index in [2.05, 4.69) is 36.7 Å². The van der Waals surface area contributed by atoms with Crippen molar-refractivity contribution in [3.8, 4) is 0 Å². The minimum absolute atomic E-state index is 0.318. The van der Waals surface area contributed by atoms with Crippen LogP contribution in [-0.2, 0) is 0 Å². The van der Waals surface area contributed by atoms with E-state index in [0.29, 0.717) is 15.2 Å². The molecule has 5 nitrogen and oxygen atoms in total. The van der Waals surface area contributed by atoms with E-state index in [1.165, 1.54) is 6.20 Å². The van der Waals surface area contributed by atoms with Crippen molar-refractivity contribution in [3.63, 3.8) is 0 Å². The first-order valence-electron chi connectivity index (χ1n) is 4.94. The molecule has 0 aliphatic carbocycles. The van der Waals surface area contributed by atoms with E-state index in [0.717, 1.165) is 5.56 Å². The van der Waals surface area contributed by atoms with Gasteiger partial charge in [-0.25, -0.2) is 5.10 Å². The van der Waals surface area contributed by atoms with Crippen molar-refractivity contribution in [1.82, 2.24) is 10.2 Å². The first kappa shape index (κ1) is 12.8. The molecule has 0 bridgehead atoms. The maximum Gasteiger partial charge on any atom is 0.280 e. The van der Waals surface area contributed by atoms with Crippen LogP contribution in [0.15, 0.2) is 44.8 Å². The number of hydrogen-bond acceptors (Lipinski definition) is 4. The van der Waals surface area contributed by atoms with Gasteiger partial charge < -0.3 is 0 Å². The fourth-order valence-corrected chi connectivity index (χ4v) is 1.59. The number of rotatable bonds is 3. The second kappa shape index (κ2) is 5.79. The van der Waals surface area contributed by atoms with Gasteiger partial charge in [0.15, 0.2) is 0 Å². The van der Waals surface area contributed by atoms with Gasteiger partial charge >= 0.3 is 0 Å². The van der Waals surface area contributed by atoms with E-state index in [4.69, 9.17) is 11.6 Å². The molecule has 2 aromatic rings. The van der Waals surface area contributed by atoms with Gasteiger partial charge in [0.25, 0.3) is 5.56 Å². The second-order valence-corrected chi connectivity index (χ2v) is 4.58. The zero-order chi connectivity index (χ0) is 13.0. The quantitative estimate of drug-likeness (QED) is 0.672. The Labute approximate surface area is 116 Å². The van der Waals surface area contributed by atoms with Gasteiger partial charge in [-0.15, -0.1) is 0 Å². The van der Waals surface area contributed by atoms with Gasteiger partial charge in [0.05, 0.1) is 18.1 Å². The average Bonchev–Trinajstić information content (AvgIpc) is 2.37. The number of aromatic nitrogens is 2. The number of benzene rings is 1. The van der Waals surface area contributed by atoms with Crippen LogP contribution >= 0.6 is 27.5 Å². The van der Waals surface area contributed by atoms with Crippen LogP contribution in [0, 0.1) is 0 Å². The Morgan fingerprint density at radius 2 is 2.11 bits per heavy atom. The number of nitrogens with one attached hydrogen (secondary N) is 2. The molecule has 2 rings (SSSR count). The summed E-state index contributed by atoms with van der Waals surface area (Å²) in [4.78, 5) is 11.2. The van der Waals surface area contributed by atoms with Crippen LogP contribution in [0.4, 0.5) is 5.69 Å². The summed E-state index contributed by atoms with van der Waals surface area (Å²) in [5, 5.41) is 10.6. The van der Waals surface area contributed by atoms with Crippen molar-refractivity contribution < 1.29 is 0 Å². The zero-order valence-corrected chi connectivity index (χ0v) is 11.4. The molecular formula is C11H8BrClN4O. The number of halogens is 2. The molecule has 0 saturated heterocycles. The highest BCUT2D eigenvalue weighted by Crippen LogP contribution is 2.15. The summed E-state index contributed by atoms with van der Waals surface area (Å²) in [5.41, 5.74) is 3.79. The summed E-state index contributed by atoms with van der Waals surface area (Å²) < 4.78 is 0.353. The maximum absolute atomic E-state index is 11.2. The van der Waals surface area contributed by atoms with E-state index in [-0.39, 0.29) is 5.56 Å². The molecule has 0 amide bonds. The third kappa shape index (κ3) is 3.18. The number of nitrogens with zero attached hydrogens (tertiary/aromatic N) is 2. The molecule has 0 saturated carbocycles. The molecule has 0 radical (unpaired) electrons. The molecule has 7 heteroatoms. The predicted octanol–water partition coefficient (Wildman–Crippen LogP) is 2.63. The second-order valence-electron chi connectivity index (χ2n) is 3.35. The van der Waals surface area contributed by atoms with E-state index in [9.17, 15) is 4.79 Å². The first-order valence-corrected chi connectivity index (χ1v) is 6.12. The number of hydrogen-bond donors (Lipinski definition) is 2. The highest BCUT2D eigenvalue weighted by molar-refractivity contribution is 9.10. The Balaban J connectivity index is 2.09. The Hall–Kier alpha value is -1.66. The lowest BCUT2D eigenvalue weighted by Gasteiger charge is -2.00. The minimum Gasteiger partial charge on any atom is -0.275 e. The molecule has 0 aliphatic rings. The van der Waals surface area contributed by atoms with Gasteiger partial charge in [-0.1, -0.05) is 23.7 Å². The average molecular weight is 328 g/mol. The monoisotopic (exact) mass is 326 g/mol. The molecule has 0 spiro atoms. The molecule has 1 heterocycles. The van der Waals surface area contributed by atoms with Crippen LogP contribution in [0.25, 0.3) is 0 Å². The summed E-state index contributed by atoms with van der Waals surface area (Å²) in [6.45, 7) is 0. The van der Waals surface area contributed by atoms with Crippen LogP contribution < -0.4 is 11.0 Å². The third-order valence-corrected chi connectivity index (χ3v) is 3.10. The summed E-state index contributed by atoms with van der Waals surface area (Å²) in [5.74, 6) is 0. The molecule has 0 fully saturated rings. The molecule has 2 N–H and O–H groups in total. The van der Waals surface area contributed by atoms with Gasteiger partial charge in [-0.2, -0.15) is 10.2 Å². The molecular weight excluding hydrogens is 320 g/mol. The molecule has 18 heavy (non-hydrogen) atoms. The lowest BCUT2D eigenvalue weighted by atomic mass is 10.2. The van der Waals surface area contributed by atoms with Crippen LogP contribution in [0.1, 0.15) is 5.56 Å². The number of H-pyrrole nitrogens is 1. The summed E-state index contributed by atoms with van der Waals surface area (Å²) in [7, 11) is 0. The summed E-state index contributed by atoms with van der Waals surface area (Å²) >= 11 is 8.91. The predicted molar refractivity (Wildman–Crippen MR) is 75.2 cm³/mol. The van der Waals surface area contributed by atoms with Gasteiger partial charge in [0, 0.05) is 5.02 Å². The first-order chi connectivity index (χ1) is 8.66. The maximum atomic E-state index is 11.2. The zero-order valence-electron chi connectivity index (χ0n) is 9.02. The molecule has 1 aromatic carbocycles. The van der Waals surface area contributed by atoms with Crippen molar-refractivity contribution in [2.24, 2.45) is 5.10 Å². The summed E-state index contributed by atoms with van der Waals surface area (Å²) in [6, 6.07) is 7.21. The van der Waals surface area contributed by atoms with E-state index >= 15 is 0 Å². The standard InChI is InChI=1S/C11H8BrClN4O/c12-10-9(6-15-17-11(10)18)16-14-5-7-1-3-8(13)4-2-7/h1-6H,(H2,16,17,18)/b14-5+. The van der Waals surface area contributed by atoms with Gasteiger partial charge in [0.2, 0.25) is 0 Å². The Bertz CT molecular complexity index is 624. The normalized spacial score (nSPS) is 10.8. The Morgan fingerprint density at radius 1 is 1.39 bits per heavy atom. The van der Waals surface area contributed by atoms with E-state index in [1.807, 2.05) is 12.1 Å². The highest BCUT2D eigenvalue weighted by Gasteiger charge is 2.02. The van der Waals surface area contributed by atoms with Crippen LogP contribution in [0.2, 0.25) is 5.02 Å². The van der Waals surface area contributed by atoms with Crippen LogP contribution in [-0.4, -0.2) is 16.4 Å². The lowest BCUT2D eigenvalue weighted by Crippen LogP contribution is -2.10. The topological polar surface area (TPSA) is 70.1 Å². The number of aromatic amines is 1. The number of hydrazone groups is 1. The Morgan fingerprint density at radius 3 is 2.83 bits per heavy atom. The fraction of sp³-hybridized carbons (Fsp3) is 0. The van der Waals surface area contributed by atoms with Crippen LogP contribution in [0.3, 0.4) is 0 Å². The van der Waals surface area contributed by atoms with Gasteiger partial charge in [-0.3, -0.25) is 10.2 Å². The van der Waals surface area contributed by atoms with Crippen molar-refractivity contribution in [2.75, 3.05) is 5.43 Å². The summed E-state index contributed by atoms with van der Waals surface area (Å²) in [6.07, 6.45) is 3.08. The van der Waals surface area contributed by atoms with Crippen LogP contribution in [0.5, 0.6) is 0 Å². The molecule has 1 aromatic heterocycles. The Kier molecular flexibility index (Phi) is 4.11. The molecule has 0 aliphatic heterocycles. The van der Waals surface area contributed by atoms with E-state index in [1.54, 1.807) is 18.3 Å². The smallest absolute Gasteiger partial charge is 0.275 e. The van der Waals surface area contributed by atoms with E-state index < -0.39 is 0 Å². The minimum atomic E-state index is -0.318. The number of anilines is 1. The van der Waals surface area contributed by atoms with Gasteiger partial charge in [0.1, 0.15) is 4.47 Å². The van der Waals surface area contributed by atoms with Crippen molar-refractivity contribution in [1.29, 1.82) is 0 Å². The van der Waals surface area contributed by atoms with Gasteiger partial charge in [-0.05, 0) is 33.6 Å². The molecule has 0 unspecified atom stereocenters. The third-order valence-electron chi connectivity index (χ3n) is 2.06. The van der Waals surface area contributed by atoms with Crippen molar-refractivity contribution in [2.45, 2.75) is 0 Å².